The molecule has 21 heteroatoms. The number of hydrogen-bond donors (Lipinski definition) is 6. The van der Waals surface area contributed by atoms with Crippen molar-refractivity contribution in [1.82, 2.24) is 60.3 Å². The van der Waals surface area contributed by atoms with E-state index in [2.05, 4.69) is 73.1 Å². The number of aromatic amines is 4. The van der Waals surface area contributed by atoms with Crippen LogP contribution >= 0.6 is 11.3 Å². The summed E-state index contributed by atoms with van der Waals surface area (Å²) in [6.45, 7) is 8.03. The van der Waals surface area contributed by atoms with Crippen molar-refractivity contribution in [2.24, 2.45) is 11.8 Å². The van der Waals surface area contributed by atoms with Crippen molar-refractivity contribution in [3.63, 3.8) is 0 Å². The first-order chi connectivity index (χ1) is 38.6. The van der Waals surface area contributed by atoms with Gasteiger partial charge in [0.25, 0.3) is 0 Å². The molecule has 2 amide bonds. The number of amides is 2. The van der Waals surface area contributed by atoms with Gasteiger partial charge in [-0.2, -0.15) is 10.2 Å². The molecule has 0 spiro atoms. The van der Waals surface area contributed by atoms with Crippen LogP contribution in [0.2, 0.25) is 0 Å². The Morgan fingerprint density at radius 1 is 0.588 bits per heavy atom. The molecular weight excluding hydrogens is 1050 g/mol. The van der Waals surface area contributed by atoms with E-state index in [1.807, 2.05) is 87.8 Å². The number of carbonyl (C=O) groups is 2. The highest BCUT2D eigenvalue weighted by Crippen LogP contribution is 2.36. The molecule has 12 aromatic rings. The van der Waals surface area contributed by atoms with E-state index in [1.54, 1.807) is 60.8 Å². The van der Waals surface area contributed by atoms with Crippen molar-refractivity contribution in [2.75, 3.05) is 22.6 Å². The number of H-pyrrole nitrogens is 4. The monoisotopic (exact) mass is 1100 g/mol. The van der Waals surface area contributed by atoms with Crippen molar-refractivity contribution in [3.8, 4) is 66.9 Å². The second-order valence-corrected chi connectivity index (χ2v) is 23.6. The summed E-state index contributed by atoms with van der Waals surface area (Å²) in [5, 5.41) is 24.9. The number of aryl methyl sites for hydroxylation is 1. The number of carbonyl (C=O) groups excluding carboxylic acids is 2. The van der Waals surface area contributed by atoms with E-state index in [0.29, 0.717) is 75.2 Å². The maximum Gasteiger partial charge on any atom is 0.224 e. The van der Waals surface area contributed by atoms with Gasteiger partial charge >= 0.3 is 0 Å². The second-order valence-electron chi connectivity index (χ2n) is 20.4. The fourth-order valence-corrected chi connectivity index (χ4v) is 10.8. The summed E-state index contributed by atoms with van der Waals surface area (Å²) in [7, 11) is -3.20. The number of halogens is 1. The molecule has 6 N–H and O–H groups in total. The molecule has 0 saturated carbocycles. The van der Waals surface area contributed by atoms with Crippen molar-refractivity contribution in [3.05, 3.63) is 145 Å². The predicted molar refractivity (Wildman–Crippen MR) is 313 cm³/mol. The summed E-state index contributed by atoms with van der Waals surface area (Å²) in [5.41, 5.74) is 13.6. The van der Waals surface area contributed by atoms with E-state index in [0.717, 1.165) is 77.5 Å². The number of nitrogens with zero attached hydrogens (tertiary/aromatic N) is 8. The lowest BCUT2D eigenvalue weighted by molar-refractivity contribution is -0.117. The van der Waals surface area contributed by atoms with Crippen LogP contribution in [0.1, 0.15) is 46.1 Å². The number of thiophene rings is 1. The molecule has 18 nitrogen and oxygen atoms in total. The lowest BCUT2D eigenvalue weighted by Crippen LogP contribution is -2.13. The minimum atomic E-state index is -3.20. The number of aromatic nitrogens is 12. The second kappa shape index (κ2) is 22.2. The largest absolute Gasteiger partial charge is 0.335 e. The molecule has 0 aliphatic carbocycles. The Labute approximate surface area is 462 Å². The summed E-state index contributed by atoms with van der Waals surface area (Å²) in [6, 6.07) is 24.3. The summed E-state index contributed by atoms with van der Waals surface area (Å²) in [6.07, 6.45) is 16.0. The van der Waals surface area contributed by atoms with Crippen molar-refractivity contribution >= 4 is 88.2 Å². The third-order valence-corrected chi connectivity index (χ3v) is 14.9. The molecule has 9 heterocycles. The highest BCUT2D eigenvalue weighted by molar-refractivity contribution is 7.90. The SMILES string of the molecule is CC(C)CC(=O)Nc1cncc(-c2ccc3[nH]nc(-c4nc5c(-c6cc(F)cc(CCS(C)(=O)=O)c6)cncc5[nH]4)c3c2)c1.CC(C)CC(=O)Nc1cncc(-c2ccc3[nH]nc(-c4nc5c(-c6cccs6)cncc5[nH]4)c3c2)c1. The van der Waals surface area contributed by atoms with Crippen LogP contribution < -0.4 is 10.6 Å². The van der Waals surface area contributed by atoms with Crippen molar-refractivity contribution in [1.29, 1.82) is 0 Å². The van der Waals surface area contributed by atoms with Crippen LogP contribution in [0.5, 0.6) is 0 Å². The molecule has 12 rings (SSSR count). The molecule has 0 radical (unpaired) electrons. The lowest BCUT2D eigenvalue weighted by atomic mass is 10.0. The highest BCUT2D eigenvalue weighted by Gasteiger charge is 2.20. The predicted octanol–water partition coefficient (Wildman–Crippen LogP) is 12.2. The number of nitrogens with one attached hydrogen (secondary N) is 6. The van der Waals surface area contributed by atoms with Gasteiger partial charge in [-0.1, -0.05) is 52.0 Å². The molecule has 9 aromatic heterocycles. The molecular formula is C59H53FN14O4S2. The molecule has 0 aliphatic heterocycles. The smallest absolute Gasteiger partial charge is 0.224 e. The maximum atomic E-state index is 14.6. The normalized spacial score (nSPS) is 11.8. The Bertz CT molecular complexity index is 4390. The molecule has 0 fully saturated rings. The summed E-state index contributed by atoms with van der Waals surface area (Å²) in [5.74, 6) is 1.09. The van der Waals surface area contributed by atoms with Gasteiger partial charge in [-0.05, 0) is 100 Å². The van der Waals surface area contributed by atoms with E-state index in [4.69, 9.17) is 9.97 Å². The zero-order valence-electron chi connectivity index (χ0n) is 44.1. The van der Waals surface area contributed by atoms with Gasteiger partial charge in [0, 0.05) is 81.8 Å². The van der Waals surface area contributed by atoms with Crippen LogP contribution in [0.3, 0.4) is 0 Å². The van der Waals surface area contributed by atoms with Crippen LogP contribution in [-0.4, -0.2) is 92.5 Å². The van der Waals surface area contributed by atoms with Gasteiger partial charge < -0.3 is 20.6 Å². The minimum Gasteiger partial charge on any atom is -0.335 e. The van der Waals surface area contributed by atoms with Gasteiger partial charge in [0.05, 0.1) is 69.5 Å². The van der Waals surface area contributed by atoms with Crippen molar-refractivity contribution in [2.45, 2.75) is 47.0 Å². The van der Waals surface area contributed by atoms with Gasteiger partial charge in [0.2, 0.25) is 11.8 Å². The fourth-order valence-electron chi connectivity index (χ4n) is 9.41. The first-order valence-electron chi connectivity index (χ1n) is 25.7. The zero-order valence-corrected chi connectivity index (χ0v) is 45.7. The molecule has 80 heavy (non-hydrogen) atoms. The zero-order chi connectivity index (χ0) is 55.7. The highest BCUT2D eigenvalue weighted by atomic mass is 32.2. The number of benzene rings is 3. The number of anilines is 2. The number of rotatable bonds is 15. The van der Waals surface area contributed by atoms with Crippen LogP contribution in [0.25, 0.3) is 111 Å². The average Bonchev–Trinajstić information content (AvgIpc) is 4.31. The Balaban J connectivity index is 0.000000172. The first-order valence-corrected chi connectivity index (χ1v) is 28.7. The summed E-state index contributed by atoms with van der Waals surface area (Å²) in [4.78, 5) is 59.4. The third-order valence-electron chi connectivity index (χ3n) is 13.1. The summed E-state index contributed by atoms with van der Waals surface area (Å²) >= 11 is 1.66. The molecule has 0 atom stereocenters. The number of hydrogen-bond acceptors (Lipinski definition) is 13. The van der Waals surface area contributed by atoms with E-state index in [-0.39, 0.29) is 29.9 Å². The average molecular weight is 1110 g/mol. The number of sulfone groups is 1. The van der Waals surface area contributed by atoms with Crippen LogP contribution in [0, 0.1) is 17.7 Å². The summed E-state index contributed by atoms with van der Waals surface area (Å²) < 4.78 is 38.0. The van der Waals surface area contributed by atoms with Crippen LogP contribution in [0.15, 0.2) is 134 Å². The standard InChI is InChI=1S/C32H30FN7O3S.C27H23N7OS/c1-18(2)8-29(41)36-24-12-22(14-34-15-24)20-4-5-27-25(13-20)31(40-39-27)32-37-28-17-35-16-26(30(28)38-32)21-9-19(10-23(33)11-21)6-7-44(3,42)43;1-15(2)8-24(35)30-18-9-17(11-28-12-18)16-5-6-21-19(10-16)26(34-33-21)27-31-22-14-29-13-20(25(22)32-27)23-4-3-7-36-23/h4-5,9-18H,6-8H2,1-3H3,(H,36,41)(H,37,38)(H,39,40);3-7,9-15H,8H2,1-2H3,(H,30,35)(H,31,32)(H,33,34). The third kappa shape index (κ3) is 11.7. The van der Waals surface area contributed by atoms with E-state index in [9.17, 15) is 22.4 Å². The van der Waals surface area contributed by atoms with E-state index in [1.165, 1.54) is 12.1 Å². The van der Waals surface area contributed by atoms with Crippen LogP contribution in [0.4, 0.5) is 15.8 Å². The number of imidazole rings is 2. The van der Waals surface area contributed by atoms with Gasteiger partial charge in [0.1, 0.15) is 32.6 Å². The molecule has 0 aliphatic rings. The minimum absolute atomic E-state index is 0.0159. The molecule has 402 valence electrons. The van der Waals surface area contributed by atoms with E-state index < -0.39 is 15.7 Å². The fraction of sp³-hybridized carbons (Fsp3) is 0.186. The number of fused-ring (bicyclic) bond motifs is 4. The Hall–Kier alpha value is -9.34. The Kier molecular flexibility index (Phi) is 14.6. The van der Waals surface area contributed by atoms with Gasteiger partial charge in [-0.25, -0.2) is 22.8 Å². The lowest BCUT2D eigenvalue weighted by Gasteiger charge is -2.09. The number of pyridine rings is 4. The molecule has 0 bridgehead atoms. The first kappa shape index (κ1) is 52.7. The van der Waals surface area contributed by atoms with Crippen molar-refractivity contribution < 1.29 is 22.4 Å². The van der Waals surface area contributed by atoms with Crippen LogP contribution in [-0.2, 0) is 25.8 Å². The molecule has 3 aromatic carbocycles. The topological polar surface area (TPSA) is 259 Å². The molecule has 0 unspecified atom stereocenters. The van der Waals surface area contributed by atoms with Gasteiger partial charge in [-0.3, -0.25) is 39.7 Å². The Morgan fingerprint density at radius 3 is 1.62 bits per heavy atom. The quantitative estimate of drug-likeness (QED) is 0.0560. The van der Waals surface area contributed by atoms with Gasteiger partial charge in [-0.15, -0.1) is 11.3 Å². The van der Waals surface area contributed by atoms with E-state index >= 15 is 0 Å². The van der Waals surface area contributed by atoms with Gasteiger partial charge in [0.15, 0.2) is 11.6 Å². The maximum absolute atomic E-state index is 14.6. The molecule has 0 saturated heterocycles. The Morgan fingerprint density at radius 2 is 1.11 bits per heavy atom.